The molecule has 0 aliphatic carbocycles. The summed E-state index contributed by atoms with van der Waals surface area (Å²) in [4.78, 5) is 2.23. The van der Waals surface area contributed by atoms with Gasteiger partial charge in [-0.25, -0.2) is 13.1 Å². The molecule has 1 aromatic rings. The van der Waals surface area contributed by atoms with Crippen LogP contribution in [-0.4, -0.2) is 46.6 Å². The Morgan fingerprint density at radius 3 is 2.43 bits per heavy atom. The highest BCUT2D eigenvalue weighted by molar-refractivity contribution is 7.89. The Morgan fingerprint density at radius 2 is 1.91 bits per heavy atom. The van der Waals surface area contributed by atoms with Gasteiger partial charge in [-0.3, -0.25) is 0 Å². The second-order valence-corrected chi connectivity index (χ2v) is 6.95. The maximum absolute atomic E-state index is 12.4. The van der Waals surface area contributed by atoms with Crippen molar-refractivity contribution in [2.75, 3.05) is 39.0 Å². The number of anilines is 1. The molecule has 0 amide bonds. The molecule has 1 aromatic carbocycles. The molecule has 6 nitrogen and oxygen atoms in total. The maximum atomic E-state index is 12.4. The zero-order chi connectivity index (χ0) is 16.8. The number of halogens is 2. The average Bonchev–Trinajstić information content (AvgIpc) is 2.49. The van der Waals surface area contributed by atoms with E-state index in [1.165, 1.54) is 19.2 Å². The second kappa shape index (κ2) is 10.2. The summed E-state index contributed by atoms with van der Waals surface area (Å²) in [6, 6.07) is 2.72. The number of rotatable bonds is 9. The molecule has 3 N–H and O–H groups in total. The fourth-order valence-electron chi connectivity index (χ4n) is 2.05. The van der Waals surface area contributed by atoms with Crippen molar-refractivity contribution in [2.45, 2.75) is 25.2 Å². The maximum Gasteiger partial charge on any atom is 0.244 e. The van der Waals surface area contributed by atoms with Crippen molar-refractivity contribution in [3.8, 4) is 5.75 Å². The van der Waals surface area contributed by atoms with Crippen LogP contribution in [0.3, 0.4) is 0 Å². The molecule has 0 atom stereocenters. The first kappa shape index (κ1) is 22.3. The van der Waals surface area contributed by atoms with E-state index < -0.39 is 10.0 Å². The van der Waals surface area contributed by atoms with Crippen LogP contribution in [0.15, 0.2) is 17.0 Å². The van der Waals surface area contributed by atoms with Crippen LogP contribution >= 0.6 is 24.0 Å². The van der Waals surface area contributed by atoms with Gasteiger partial charge in [0.05, 0.1) is 17.8 Å². The Hall–Kier alpha value is -0.730. The van der Waals surface area contributed by atoms with Crippen molar-refractivity contribution in [2.24, 2.45) is 0 Å². The summed E-state index contributed by atoms with van der Waals surface area (Å²) in [7, 11) is -2.30. The molecule has 0 unspecified atom stereocenters. The topological polar surface area (TPSA) is 84.7 Å². The lowest BCUT2D eigenvalue weighted by molar-refractivity contribution is 0.300. The quantitative estimate of drug-likeness (QED) is 0.503. The lowest BCUT2D eigenvalue weighted by Gasteiger charge is -2.18. The molecular formula is C14H25Cl2N3O3S. The number of methoxy groups -OCH3 is 1. The summed E-state index contributed by atoms with van der Waals surface area (Å²) in [5.41, 5.74) is 5.94. The molecule has 0 spiro atoms. The number of ether oxygens (including phenoxy) is 1. The van der Waals surface area contributed by atoms with Crippen LogP contribution in [0.1, 0.15) is 20.3 Å². The average molecular weight is 386 g/mol. The normalized spacial score (nSPS) is 11.3. The van der Waals surface area contributed by atoms with Gasteiger partial charge in [0.1, 0.15) is 10.6 Å². The van der Waals surface area contributed by atoms with E-state index in [9.17, 15) is 8.42 Å². The summed E-state index contributed by atoms with van der Waals surface area (Å²) in [5, 5.41) is 0.185. The van der Waals surface area contributed by atoms with Crippen LogP contribution in [-0.2, 0) is 10.0 Å². The van der Waals surface area contributed by atoms with E-state index in [1.807, 2.05) is 0 Å². The number of nitrogens with one attached hydrogen (secondary N) is 1. The van der Waals surface area contributed by atoms with Gasteiger partial charge in [-0.15, -0.1) is 12.4 Å². The lowest BCUT2D eigenvalue weighted by atomic mass is 10.3. The molecule has 134 valence electrons. The van der Waals surface area contributed by atoms with Gasteiger partial charge < -0.3 is 15.4 Å². The fraction of sp³-hybridized carbons (Fsp3) is 0.571. The Labute approximate surface area is 149 Å². The number of hydrogen-bond donors (Lipinski definition) is 2. The van der Waals surface area contributed by atoms with Crippen LogP contribution in [0.5, 0.6) is 5.75 Å². The first-order chi connectivity index (χ1) is 10.4. The monoisotopic (exact) mass is 385 g/mol. The number of nitrogens with zero attached hydrogens (tertiary/aromatic N) is 1. The number of benzene rings is 1. The van der Waals surface area contributed by atoms with E-state index in [-0.39, 0.29) is 33.8 Å². The van der Waals surface area contributed by atoms with Crippen LogP contribution in [0.2, 0.25) is 5.02 Å². The van der Waals surface area contributed by atoms with Crippen LogP contribution in [0, 0.1) is 0 Å². The predicted octanol–water partition coefficient (Wildman–Crippen LogP) is 2.36. The van der Waals surface area contributed by atoms with E-state index in [1.54, 1.807) is 0 Å². The highest BCUT2D eigenvalue weighted by Crippen LogP contribution is 2.31. The molecule has 0 bridgehead atoms. The molecule has 23 heavy (non-hydrogen) atoms. The Morgan fingerprint density at radius 1 is 1.30 bits per heavy atom. The minimum Gasteiger partial charge on any atom is -0.495 e. The van der Waals surface area contributed by atoms with Crippen LogP contribution in [0.25, 0.3) is 0 Å². The highest BCUT2D eigenvalue weighted by Gasteiger charge is 2.21. The fourth-order valence-corrected chi connectivity index (χ4v) is 3.52. The largest absolute Gasteiger partial charge is 0.495 e. The Balaban J connectivity index is 0.00000484. The van der Waals surface area contributed by atoms with E-state index in [0.717, 1.165) is 26.1 Å². The van der Waals surface area contributed by atoms with E-state index in [2.05, 4.69) is 23.5 Å². The van der Waals surface area contributed by atoms with Gasteiger partial charge >= 0.3 is 0 Å². The first-order valence-corrected chi connectivity index (χ1v) is 9.06. The molecule has 0 aliphatic heterocycles. The molecule has 0 aliphatic rings. The third kappa shape index (κ3) is 6.35. The molecule has 0 saturated carbocycles. The van der Waals surface area contributed by atoms with Gasteiger partial charge in [0.2, 0.25) is 10.0 Å². The predicted molar refractivity (Wildman–Crippen MR) is 97.3 cm³/mol. The SMILES string of the molecule is CCN(CC)CCCNS(=O)(=O)c1cc(Cl)c(N)cc1OC.Cl. The molecule has 9 heteroatoms. The van der Waals surface area contributed by atoms with Crippen molar-refractivity contribution in [1.29, 1.82) is 0 Å². The summed E-state index contributed by atoms with van der Waals surface area (Å²) in [6.07, 6.45) is 0.728. The number of nitrogen functional groups attached to an aromatic ring is 1. The third-order valence-corrected chi connectivity index (χ3v) is 5.22. The Bertz CT molecular complexity index is 593. The summed E-state index contributed by atoms with van der Waals surface area (Å²) >= 11 is 5.91. The van der Waals surface area contributed by atoms with Gasteiger partial charge in [0.15, 0.2) is 0 Å². The molecule has 0 fully saturated rings. The smallest absolute Gasteiger partial charge is 0.244 e. The number of hydrogen-bond acceptors (Lipinski definition) is 5. The van der Waals surface area contributed by atoms with Crippen molar-refractivity contribution < 1.29 is 13.2 Å². The van der Waals surface area contributed by atoms with Crippen molar-refractivity contribution in [3.63, 3.8) is 0 Å². The van der Waals surface area contributed by atoms with Gasteiger partial charge in [0, 0.05) is 12.6 Å². The summed E-state index contributed by atoms with van der Waals surface area (Å²) in [6.45, 7) is 7.25. The molecule has 0 aromatic heterocycles. The molecular weight excluding hydrogens is 361 g/mol. The van der Waals surface area contributed by atoms with Gasteiger partial charge in [-0.1, -0.05) is 25.4 Å². The van der Waals surface area contributed by atoms with Gasteiger partial charge in [-0.2, -0.15) is 0 Å². The molecule has 0 heterocycles. The highest BCUT2D eigenvalue weighted by atomic mass is 35.5. The minimum absolute atomic E-state index is 0. The molecule has 1 rings (SSSR count). The van der Waals surface area contributed by atoms with E-state index in [0.29, 0.717) is 6.54 Å². The number of sulfonamides is 1. The van der Waals surface area contributed by atoms with E-state index in [4.69, 9.17) is 22.1 Å². The lowest BCUT2D eigenvalue weighted by Crippen LogP contribution is -2.30. The van der Waals surface area contributed by atoms with Crippen LogP contribution < -0.4 is 15.2 Å². The van der Waals surface area contributed by atoms with Crippen molar-refractivity contribution in [3.05, 3.63) is 17.2 Å². The van der Waals surface area contributed by atoms with Crippen molar-refractivity contribution >= 4 is 39.7 Å². The molecule has 0 saturated heterocycles. The molecule has 0 radical (unpaired) electrons. The van der Waals surface area contributed by atoms with Gasteiger partial charge in [0.25, 0.3) is 0 Å². The first-order valence-electron chi connectivity index (χ1n) is 7.20. The second-order valence-electron chi connectivity index (χ2n) is 4.80. The van der Waals surface area contributed by atoms with Crippen LogP contribution in [0.4, 0.5) is 5.69 Å². The number of nitrogens with two attached hydrogens (primary N) is 1. The zero-order valence-electron chi connectivity index (χ0n) is 13.6. The standard InChI is InChI=1S/C14H24ClN3O3S.ClH/c1-4-18(5-2)8-6-7-17-22(19,20)14-9-11(15)12(16)10-13(14)21-3;/h9-10,17H,4-8,16H2,1-3H3;1H. The minimum atomic E-state index is -3.69. The van der Waals surface area contributed by atoms with Gasteiger partial charge in [-0.05, 0) is 32.1 Å². The van der Waals surface area contributed by atoms with E-state index >= 15 is 0 Å². The Kier molecular flexibility index (Phi) is 9.88. The third-order valence-electron chi connectivity index (χ3n) is 3.41. The van der Waals surface area contributed by atoms with Crippen molar-refractivity contribution in [1.82, 2.24) is 9.62 Å². The summed E-state index contributed by atoms with van der Waals surface area (Å²) in [5.74, 6) is 0.179. The zero-order valence-corrected chi connectivity index (χ0v) is 16.0. The summed E-state index contributed by atoms with van der Waals surface area (Å²) < 4.78 is 32.4.